The van der Waals surface area contributed by atoms with E-state index < -0.39 is 0 Å². The molecule has 0 aliphatic carbocycles. The Morgan fingerprint density at radius 3 is 3.00 bits per heavy atom. The first-order valence-corrected chi connectivity index (χ1v) is 9.21. The molecular formula is C20H23FN4O2. The van der Waals surface area contributed by atoms with E-state index in [0.29, 0.717) is 30.3 Å². The lowest BCUT2D eigenvalue weighted by atomic mass is 9.96. The number of hydrogen-bond donors (Lipinski definition) is 2. The number of aromatic nitrogens is 1. The molecule has 2 aliphatic rings. The molecule has 2 saturated heterocycles. The first kappa shape index (κ1) is 17.7. The second-order valence-corrected chi connectivity index (χ2v) is 6.81. The lowest BCUT2D eigenvalue weighted by Crippen LogP contribution is -2.47. The van der Waals surface area contributed by atoms with Gasteiger partial charge in [-0.1, -0.05) is 12.1 Å². The number of nitrogens with zero attached hydrogens (tertiary/aromatic N) is 2. The van der Waals surface area contributed by atoms with Crippen LogP contribution in [0.25, 0.3) is 0 Å². The summed E-state index contributed by atoms with van der Waals surface area (Å²) < 4.78 is 25.0. The minimum atomic E-state index is -0.346. The van der Waals surface area contributed by atoms with E-state index in [4.69, 9.17) is 9.47 Å². The molecule has 2 aromatic rings. The fourth-order valence-electron chi connectivity index (χ4n) is 3.63. The summed E-state index contributed by atoms with van der Waals surface area (Å²) in [6.07, 6.45) is 5.59. The van der Waals surface area contributed by atoms with Crippen LogP contribution in [-0.4, -0.2) is 36.2 Å². The molecule has 0 saturated carbocycles. The van der Waals surface area contributed by atoms with Gasteiger partial charge in [-0.2, -0.15) is 0 Å². The Hall–Kier alpha value is -2.67. The lowest BCUT2D eigenvalue weighted by molar-refractivity contribution is 0.0992. The minimum Gasteiger partial charge on any atom is -0.439 e. The zero-order valence-corrected chi connectivity index (χ0v) is 15.2. The molecule has 27 heavy (non-hydrogen) atoms. The van der Waals surface area contributed by atoms with Gasteiger partial charge in [-0.05, 0) is 37.5 Å². The smallest absolute Gasteiger partial charge is 0.224 e. The molecule has 6 nitrogen and oxygen atoms in total. The molecule has 3 atom stereocenters. The molecule has 4 rings (SSSR count). The molecule has 1 aromatic heterocycles. The topological polar surface area (TPSA) is 67.8 Å². The van der Waals surface area contributed by atoms with Crippen LogP contribution in [0.4, 0.5) is 4.39 Å². The Kier molecular flexibility index (Phi) is 5.20. The molecule has 3 heterocycles. The van der Waals surface area contributed by atoms with E-state index in [9.17, 15) is 4.39 Å². The Morgan fingerprint density at radius 2 is 2.26 bits per heavy atom. The zero-order chi connectivity index (χ0) is 18.6. The Morgan fingerprint density at radius 1 is 1.33 bits per heavy atom. The van der Waals surface area contributed by atoms with Gasteiger partial charge in [-0.25, -0.2) is 9.37 Å². The summed E-state index contributed by atoms with van der Waals surface area (Å²) in [6, 6.07) is 10.1. The van der Waals surface area contributed by atoms with Crippen molar-refractivity contribution < 1.29 is 13.9 Å². The van der Waals surface area contributed by atoms with Crippen molar-refractivity contribution in [1.82, 2.24) is 15.6 Å². The van der Waals surface area contributed by atoms with Crippen LogP contribution in [0.3, 0.4) is 0 Å². The summed E-state index contributed by atoms with van der Waals surface area (Å²) in [5.41, 5.74) is 0.855. The maximum atomic E-state index is 13.4. The Bertz CT molecular complexity index is 829. The standard InChI is InChI=1S/C20H23FN4O2/c1-22-20(25-17-11-16-7-8-18(17)26-16)24-12-13-4-3-9-23-19(13)27-15-6-2-5-14(21)10-15/h2-6,9-10,16-18H,7-8,11-12H2,1H3,(H2,22,24,25). The van der Waals surface area contributed by atoms with Crippen molar-refractivity contribution >= 4 is 5.96 Å². The van der Waals surface area contributed by atoms with Crippen molar-refractivity contribution in [1.29, 1.82) is 0 Å². The largest absolute Gasteiger partial charge is 0.439 e. The SMILES string of the molecule is CN=C(NCc1cccnc1Oc1cccc(F)c1)NC1CC2CCC1O2. The van der Waals surface area contributed by atoms with Crippen LogP contribution >= 0.6 is 0 Å². The number of halogens is 1. The number of rotatable bonds is 5. The monoisotopic (exact) mass is 370 g/mol. The maximum absolute atomic E-state index is 13.4. The molecule has 2 aliphatic heterocycles. The van der Waals surface area contributed by atoms with E-state index in [0.717, 1.165) is 30.8 Å². The number of hydrogen-bond acceptors (Lipinski definition) is 4. The van der Waals surface area contributed by atoms with Crippen molar-refractivity contribution in [2.24, 2.45) is 4.99 Å². The van der Waals surface area contributed by atoms with Crippen LogP contribution in [0.5, 0.6) is 11.6 Å². The first-order valence-electron chi connectivity index (χ1n) is 9.21. The third kappa shape index (κ3) is 4.19. The molecule has 7 heteroatoms. The highest BCUT2D eigenvalue weighted by Gasteiger charge is 2.41. The predicted molar refractivity (Wildman–Crippen MR) is 100 cm³/mol. The van der Waals surface area contributed by atoms with E-state index in [1.807, 2.05) is 12.1 Å². The summed E-state index contributed by atoms with van der Waals surface area (Å²) in [6.45, 7) is 0.486. The second kappa shape index (κ2) is 7.92. The number of pyridine rings is 1. The molecule has 3 unspecified atom stereocenters. The molecule has 0 amide bonds. The molecule has 0 spiro atoms. The summed E-state index contributed by atoms with van der Waals surface area (Å²) in [5.74, 6) is 1.23. The summed E-state index contributed by atoms with van der Waals surface area (Å²) in [7, 11) is 1.75. The molecule has 2 fully saturated rings. The maximum Gasteiger partial charge on any atom is 0.224 e. The number of ether oxygens (including phenoxy) is 2. The van der Waals surface area contributed by atoms with Gasteiger partial charge in [0.05, 0.1) is 18.2 Å². The highest BCUT2D eigenvalue weighted by atomic mass is 19.1. The van der Waals surface area contributed by atoms with E-state index in [-0.39, 0.29) is 11.9 Å². The first-order chi connectivity index (χ1) is 13.2. The molecular weight excluding hydrogens is 347 g/mol. The van der Waals surface area contributed by atoms with Crippen molar-refractivity contribution in [3.8, 4) is 11.6 Å². The third-order valence-corrected chi connectivity index (χ3v) is 4.96. The van der Waals surface area contributed by atoms with Crippen LogP contribution < -0.4 is 15.4 Å². The molecule has 1 aromatic carbocycles. The molecule has 0 radical (unpaired) electrons. The van der Waals surface area contributed by atoms with Gasteiger partial charge in [-0.3, -0.25) is 4.99 Å². The predicted octanol–water partition coefficient (Wildman–Crippen LogP) is 3.00. The van der Waals surface area contributed by atoms with Gasteiger partial charge < -0.3 is 20.1 Å². The van der Waals surface area contributed by atoms with E-state index in [1.165, 1.54) is 12.1 Å². The number of aliphatic imine (C=N–C) groups is 1. The van der Waals surface area contributed by atoms with E-state index in [1.54, 1.807) is 25.4 Å². The van der Waals surface area contributed by atoms with Crippen LogP contribution in [0.2, 0.25) is 0 Å². The summed E-state index contributed by atoms with van der Waals surface area (Å²) >= 11 is 0. The highest BCUT2D eigenvalue weighted by molar-refractivity contribution is 5.80. The third-order valence-electron chi connectivity index (χ3n) is 4.96. The Labute approximate surface area is 157 Å². The highest BCUT2D eigenvalue weighted by Crippen LogP contribution is 2.34. The van der Waals surface area contributed by atoms with Gasteiger partial charge in [0.2, 0.25) is 5.88 Å². The van der Waals surface area contributed by atoms with Gasteiger partial charge in [0.1, 0.15) is 11.6 Å². The summed E-state index contributed by atoms with van der Waals surface area (Å²) in [5, 5.41) is 6.75. The van der Waals surface area contributed by atoms with Crippen LogP contribution in [0, 0.1) is 5.82 Å². The average Bonchev–Trinajstić information content (AvgIpc) is 3.29. The van der Waals surface area contributed by atoms with E-state index >= 15 is 0 Å². The number of benzene rings is 1. The van der Waals surface area contributed by atoms with E-state index in [2.05, 4.69) is 20.6 Å². The number of nitrogens with one attached hydrogen (secondary N) is 2. The average molecular weight is 370 g/mol. The molecule has 2 N–H and O–H groups in total. The van der Waals surface area contributed by atoms with Crippen molar-refractivity contribution in [2.45, 2.75) is 44.1 Å². The van der Waals surface area contributed by atoms with Gasteiger partial charge in [0, 0.05) is 31.4 Å². The van der Waals surface area contributed by atoms with Crippen molar-refractivity contribution in [3.05, 3.63) is 54.0 Å². The van der Waals surface area contributed by atoms with Crippen molar-refractivity contribution in [3.63, 3.8) is 0 Å². The quantitative estimate of drug-likeness (QED) is 0.626. The number of guanidine groups is 1. The summed E-state index contributed by atoms with van der Waals surface area (Å²) in [4.78, 5) is 8.58. The van der Waals surface area contributed by atoms with Gasteiger partial charge in [0.25, 0.3) is 0 Å². The second-order valence-electron chi connectivity index (χ2n) is 6.81. The lowest BCUT2D eigenvalue weighted by Gasteiger charge is -2.22. The normalized spacial score (nSPS) is 24.1. The molecule has 2 bridgehead atoms. The van der Waals surface area contributed by atoms with Crippen LogP contribution in [0.15, 0.2) is 47.6 Å². The fraction of sp³-hybridized carbons (Fsp3) is 0.400. The minimum absolute atomic E-state index is 0.277. The van der Waals surface area contributed by atoms with Gasteiger partial charge >= 0.3 is 0 Å². The molecule has 142 valence electrons. The van der Waals surface area contributed by atoms with Crippen LogP contribution in [-0.2, 0) is 11.3 Å². The zero-order valence-electron chi connectivity index (χ0n) is 15.2. The van der Waals surface area contributed by atoms with Gasteiger partial charge in [0.15, 0.2) is 5.96 Å². The van der Waals surface area contributed by atoms with Crippen molar-refractivity contribution in [2.75, 3.05) is 7.05 Å². The number of fused-ring (bicyclic) bond motifs is 2. The fourth-order valence-corrected chi connectivity index (χ4v) is 3.63. The van der Waals surface area contributed by atoms with Gasteiger partial charge in [-0.15, -0.1) is 0 Å². The Balaban J connectivity index is 1.39. The van der Waals surface area contributed by atoms with Crippen LogP contribution in [0.1, 0.15) is 24.8 Å².